The fraction of sp³-hybridized carbons (Fsp3) is 0.579. The molecule has 25 heavy (non-hydrogen) atoms. The minimum absolute atomic E-state index is 0.0147. The van der Waals surface area contributed by atoms with Gasteiger partial charge in [-0.3, -0.25) is 4.79 Å². The maximum atomic E-state index is 11.9. The number of nitrogens with zero attached hydrogens (tertiary/aromatic N) is 3. The van der Waals surface area contributed by atoms with Gasteiger partial charge in [0, 0.05) is 46.3 Å². The molecule has 1 aromatic rings. The summed E-state index contributed by atoms with van der Waals surface area (Å²) in [6, 6.07) is 8.55. The quantitative estimate of drug-likeness (QED) is 0.657. The predicted molar refractivity (Wildman–Crippen MR) is 98.5 cm³/mol. The van der Waals surface area contributed by atoms with Crippen LogP contribution in [0.5, 0.6) is 0 Å². The molecule has 1 atom stereocenters. The van der Waals surface area contributed by atoms with Gasteiger partial charge < -0.3 is 19.9 Å². The second-order valence-electron chi connectivity index (χ2n) is 6.98. The van der Waals surface area contributed by atoms with Crippen LogP contribution in [0, 0.1) is 5.92 Å². The molecule has 1 N–H and O–H groups in total. The number of aliphatic imine (C=N–C) groups is 1. The van der Waals surface area contributed by atoms with E-state index in [1.165, 1.54) is 11.1 Å². The van der Waals surface area contributed by atoms with Crippen molar-refractivity contribution in [3.63, 3.8) is 0 Å². The molecular formula is C19H28N4O2. The molecule has 136 valence electrons. The molecule has 0 aliphatic carbocycles. The molecule has 0 spiro atoms. The summed E-state index contributed by atoms with van der Waals surface area (Å²) in [4.78, 5) is 20.4. The molecule has 1 saturated heterocycles. The van der Waals surface area contributed by atoms with Crippen molar-refractivity contribution in [2.75, 3.05) is 46.9 Å². The average molecular weight is 344 g/mol. The van der Waals surface area contributed by atoms with Crippen molar-refractivity contribution in [3.8, 4) is 0 Å². The van der Waals surface area contributed by atoms with Crippen LogP contribution >= 0.6 is 0 Å². The Morgan fingerprint density at radius 1 is 1.36 bits per heavy atom. The van der Waals surface area contributed by atoms with E-state index in [0.717, 1.165) is 51.6 Å². The molecule has 1 aromatic carbocycles. The van der Waals surface area contributed by atoms with Crippen LogP contribution in [0.4, 0.5) is 0 Å². The molecule has 0 unspecified atom stereocenters. The number of carbonyl (C=O) groups is 1. The number of amides is 1. The largest absolute Gasteiger partial charge is 0.381 e. The number of likely N-dealkylation sites (N-methyl/N-ethyl adjacent to an activating group) is 1. The van der Waals surface area contributed by atoms with Crippen LogP contribution in [-0.2, 0) is 22.5 Å². The van der Waals surface area contributed by atoms with Crippen molar-refractivity contribution < 1.29 is 9.53 Å². The molecule has 2 aliphatic rings. The Bertz CT molecular complexity index is 624. The lowest BCUT2D eigenvalue weighted by molar-refractivity contribution is -0.127. The van der Waals surface area contributed by atoms with Gasteiger partial charge in [-0.05, 0) is 24.0 Å². The third kappa shape index (κ3) is 4.72. The van der Waals surface area contributed by atoms with Gasteiger partial charge in [-0.25, -0.2) is 4.99 Å². The summed E-state index contributed by atoms with van der Waals surface area (Å²) in [5.74, 6) is 1.37. The van der Waals surface area contributed by atoms with E-state index in [-0.39, 0.29) is 12.5 Å². The number of benzene rings is 1. The smallest absolute Gasteiger partial charge is 0.243 e. The minimum Gasteiger partial charge on any atom is -0.381 e. The first kappa shape index (κ1) is 17.7. The van der Waals surface area contributed by atoms with Crippen molar-refractivity contribution in [2.24, 2.45) is 10.9 Å². The van der Waals surface area contributed by atoms with Gasteiger partial charge in [-0.15, -0.1) is 0 Å². The molecule has 0 bridgehead atoms. The van der Waals surface area contributed by atoms with E-state index in [4.69, 9.17) is 4.74 Å². The number of ether oxygens (including phenoxy) is 1. The van der Waals surface area contributed by atoms with E-state index >= 15 is 0 Å². The number of hydrogen-bond donors (Lipinski definition) is 1. The molecule has 1 fully saturated rings. The van der Waals surface area contributed by atoms with Crippen molar-refractivity contribution in [1.82, 2.24) is 15.1 Å². The van der Waals surface area contributed by atoms with Gasteiger partial charge in [0.05, 0.1) is 6.61 Å². The molecule has 1 amide bonds. The van der Waals surface area contributed by atoms with Crippen molar-refractivity contribution in [1.29, 1.82) is 0 Å². The highest BCUT2D eigenvalue weighted by Gasteiger charge is 2.21. The normalized spacial score (nSPS) is 20.3. The zero-order valence-electron chi connectivity index (χ0n) is 15.2. The average Bonchev–Trinajstić information content (AvgIpc) is 3.14. The Morgan fingerprint density at radius 3 is 2.88 bits per heavy atom. The lowest BCUT2D eigenvalue weighted by Gasteiger charge is -2.32. The summed E-state index contributed by atoms with van der Waals surface area (Å²) in [6.07, 6.45) is 2.09. The van der Waals surface area contributed by atoms with E-state index < -0.39 is 0 Å². The van der Waals surface area contributed by atoms with E-state index in [1.807, 2.05) is 0 Å². The van der Waals surface area contributed by atoms with Crippen molar-refractivity contribution in [2.45, 2.75) is 19.4 Å². The molecule has 0 saturated carbocycles. The molecule has 3 rings (SSSR count). The van der Waals surface area contributed by atoms with Crippen LogP contribution in [0.3, 0.4) is 0 Å². The molecule has 0 aromatic heterocycles. The standard InChI is InChI=1S/C19H28N4O2/c1-22(2)18(24)12-21-19(20-11-15-8-10-25-14-15)23-9-7-16-5-3-4-6-17(16)13-23/h3-6,15H,7-14H2,1-2H3,(H,20,21)/t15-/m1/s1. The van der Waals surface area contributed by atoms with Gasteiger partial charge in [0.2, 0.25) is 5.91 Å². The Kier molecular flexibility index (Phi) is 5.91. The number of guanidine groups is 1. The van der Waals surface area contributed by atoms with Crippen molar-refractivity contribution >= 4 is 11.9 Å². The van der Waals surface area contributed by atoms with Crippen LogP contribution in [0.25, 0.3) is 0 Å². The van der Waals surface area contributed by atoms with E-state index in [0.29, 0.717) is 5.92 Å². The van der Waals surface area contributed by atoms with Crippen molar-refractivity contribution in [3.05, 3.63) is 35.4 Å². The second kappa shape index (κ2) is 8.34. The highest BCUT2D eigenvalue weighted by molar-refractivity contribution is 5.85. The zero-order chi connectivity index (χ0) is 17.6. The Balaban J connectivity index is 1.68. The van der Waals surface area contributed by atoms with Crippen LogP contribution in [-0.4, -0.2) is 68.6 Å². The van der Waals surface area contributed by atoms with Crippen LogP contribution in [0.1, 0.15) is 17.5 Å². The summed E-state index contributed by atoms with van der Waals surface area (Å²) in [7, 11) is 3.52. The van der Waals surface area contributed by atoms with Gasteiger partial charge in [0.1, 0.15) is 6.54 Å². The fourth-order valence-corrected chi connectivity index (χ4v) is 3.21. The molecule has 6 heteroatoms. The first-order valence-corrected chi connectivity index (χ1v) is 9.01. The Labute approximate surface area is 149 Å². The van der Waals surface area contributed by atoms with Crippen LogP contribution in [0.15, 0.2) is 29.3 Å². The molecule has 6 nitrogen and oxygen atoms in total. The SMILES string of the molecule is CN(C)C(=O)CN=C(NC[C@H]1CCOC1)N1CCc2ccccc2C1. The molecular weight excluding hydrogens is 316 g/mol. The predicted octanol–water partition coefficient (Wildman–Crippen LogP) is 1.12. The monoisotopic (exact) mass is 344 g/mol. The summed E-state index contributed by atoms with van der Waals surface area (Å²) >= 11 is 0. The maximum Gasteiger partial charge on any atom is 0.243 e. The number of carbonyl (C=O) groups excluding carboxylic acids is 1. The molecule has 0 radical (unpaired) electrons. The topological polar surface area (TPSA) is 57.2 Å². The number of hydrogen-bond acceptors (Lipinski definition) is 3. The second-order valence-corrected chi connectivity index (χ2v) is 6.98. The molecule has 2 aliphatic heterocycles. The van der Waals surface area contributed by atoms with Gasteiger partial charge in [0.15, 0.2) is 5.96 Å². The summed E-state index contributed by atoms with van der Waals surface area (Å²) in [6.45, 7) is 4.41. The number of fused-ring (bicyclic) bond motifs is 1. The third-order valence-electron chi connectivity index (χ3n) is 4.87. The van der Waals surface area contributed by atoms with E-state index in [2.05, 4.69) is 39.5 Å². The summed E-state index contributed by atoms with van der Waals surface area (Å²) in [5.41, 5.74) is 2.75. The summed E-state index contributed by atoms with van der Waals surface area (Å²) < 4.78 is 5.46. The first-order valence-electron chi connectivity index (χ1n) is 9.01. The minimum atomic E-state index is 0.0147. The maximum absolute atomic E-state index is 11.9. The van der Waals surface area contributed by atoms with Gasteiger partial charge in [-0.2, -0.15) is 0 Å². The van der Waals surface area contributed by atoms with Gasteiger partial charge >= 0.3 is 0 Å². The number of rotatable bonds is 4. The summed E-state index contributed by atoms with van der Waals surface area (Å²) in [5, 5.41) is 3.48. The highest BCUT2D eigenvalue weighted by atomic mass is 16.5. The Hall–Kier alpha value is -2.08. The van der Waals surface area contributed by atoms with Gasteiger partial charge in [-0.1, -0.05) is 24.3 Å². The lowest BCUT2D eigenvalue weighted by Crippen LogP contribution is -2.46. The first-order chi connectivity index (χ1) is 12.1. The van der Waals surface area contributed by atoms with E-state index in [9.17, 15) is 4.79 Å². The number of nitrogens with one attached hydrogen (secondary N) is 1. The third-order valence-corrected chi connectivity index (χ3v) is 4.87. The Morgan fingerprint density at radius 2 is 2.16 bits per heavy atom. The fourth-order valence-electron chi connectivity index (χ4n) is 3.21. The van der Waals surface area contributed by atoms with E-state index in [1.54, 1.807) is 19.0 Å². The van der Waals surface area contributed by atoms with Crippen LogP contribution < -0.4 is 5.32 Å². The highest BCUT2D eigenvalue weighted by Crippen LogP contribution is 2.19. The zero-order valence-corrected chi connectivity index (χ0v) is 15.2. The lowest BCUT2D eigenvalue weighted by atomic mass is 10.0. The van der Waals surface area contributed by atoms with Gasteiger partial charge in [0.25, 0.3) is 0 Å². The van der Waals surface area contributed by atoms with Crippen LogP contribution in [0.2, 0.25) is 0 Å². The molecule has 2 heterocycles.